The predicted octanol–water partition coefficient (Wildman–Crippen LogP) is 1.54. The molecular weight excluding hydrogens is 434 g/mol. The van der Waals surface area contributed by atoms with E-state index in [1.54, 1.807) is 48.5 Å². The maximum Gasteiger partial charge on any atom is 0.255 e. The van der Waals surface area contributed by atoms with E-state index in [1.807, 2.05) is 0 Å². The Bertz CT molecular complexity index is 1070. The molecule has 0 heterocycles. The Balaban J connectivity index is 1.66. The monoisotopic (exact) mass is 465 g/mol. The summed E-state index contributed by atoms with van der Waals surface area (Å²) in [6.07, 6.45) is 2.44. The van der Waals surface area contributed by atoms with Gasteiger partial charge in [0.15, 0.2) is 0 Å². The largest absolute Gasteiger partial charge is 0.496 e. The molecule has 3 rings (SSSR count). The van der Waals surface area contributed by atoms with Crippen molar-refractivity contribution in [3.8, 4) is 5.75 Å². The van der Waals surface area contributed by atoms with Crippen LogP contribution in [0.5, 0.6) is 5.75 Å². The highest BCUT2D eigenvalue weighted by atomic mass is 16.5. The molecule has 34 heavy (non-hydrogen) atoms. The van der Waals surface area contributed by atoms with E-state index in [0.717, 1.165) is 18.4 Å². The van der Waals surface area contributed by atoms with E-state index in [1.165, 1.54) is 7.11 Å². The van der Waals surface area contributed by atoms with Gasteiger partial charge in [0.05, 0.1) is 24.5 Å². The molecule has 0 radical (unpaired) electrons. The van der Waals surface area contributed by atoms with Crippen LogP contribution >= 0.6 is 0 Å². The fourth-order valence-electron chi connectivity index (χ4n) is 3.95. The molecule has 1 saturated carbocycles. The van der Waals surface area contributed by atoms with Gasteiger partial charge in [-0.25, -0.2) is 0 Å². The number of aliphatic hydroxyl groups excluding tert-OH is 1. The van der Waals surface area contributed by atoms with Crippen LogP contribution in [0.2, 0.25) is 0 Å². The molecule has 8 N–H and O–H groups in total. The quantitative estimate of drug-likeness (QED) is 0.243. The van der Waals surface area contributed by atoms with Crippen molar-refractivity contribution in [2.75, 3.05) is 7.11 Å². The second-order valence-corrected chi connectivity index (χ2v) is 8.26. The van der Waals surface area contributed by atoms with Crippen molar-refractivity contribution in [2.24, 2.45) is 11.5 Å². The molecule has 0 atom stereocenters. The number of nitrogens with two attached hydrogens (primary N) is 2. The van der Waals surface area contributed by atoms with Gasteiger partial charge in [-0.3, -0.25) is 15.0 Å². The fourth-order valence-corrected chi connectivity index (χ4v) is 3.95. The fraction of sp³-hybridized carbons (Fsp3) is 0.320. The summed E-state index contributed by atoms with van der Waals surface area (Å²) in [6, 6.07) is 13.9. The van der Waals surface area contributed by atoms with E-state index in [0.29, 0.717) is 29.7 Å². The zero-order valence-corrected chi connectivity index (χ0v) is 19.1. The lowest BCUT2D eigenvalue weighted by Gasteiger charge is -2.27. The number of carbonyl (C=O) groups excluding carboxylic acids is 2. The molecule has 0 bridgehead atoms. The number of benzene rings is 2. The van der Waals surface area contributed by atoms with Crippen LogP contribution in [0.1, 0.15) is 47.2 Å². The molecule has 1 fully saturated rings. The van der Waals surface area contributed by atoms with Gasteiger partial charge in [0, 0.05) is 18.2 Å². The van der Waals surface area contributed by atoms with Gasteiger partial charge >= 0.3 is 0 Å². The molecule has 0 unspecified atom stereocenters. The molecule has 0 saturated heterocycles. The van der Waals surface area contributed by atoms with Crippen molar-refractivity contribution < 1.29 is 19.4 Å². The standard InChI is InChI=1S/C25H31N5O4/c1-34-20-5-3-2-4-19(20)25(33)29-14-15-6-8-16(9-7-15)22(26)21(24(28)32)23(27)30-17-10-12-18(31)13-11-17/h2-9,17-18,26,30-31H,10-14,27H2,1H3,(H2,28,32)(H,29,33)/b23-21+,26-22?. The number of primary amides is 1. The summed E-state index contributed by atoms with van der Waals surface area (Å²) in [7, 11) is 1.51. The number of para-hydroxylation sites is 1. The first kappa shape index (κ1) is 24.8. The van der Waals surface area contributed by atoms with Crippen molar-refractivity contribution in [3.05, 3.63) is 76.6 Å². The summed E-state index contributed by atoms with van der Waals surface area (Å²) in [5.41, 5.74) is 13.2. The van der Waals surface area contributed by atoms with Gasteiger partial charge in [-0.15, -0.1) is 0 Å². The van der Waals surface area contributed by atoms with Gasteiger partial charge < -0.3 is 31.9 Å². The molecule has 2 amide bonds. The number of ether oxygens (including phenoxy) is 1. The smallest absolute Gasteiger partial charge is 0.255 e. The summed E-state index contributed by atoms with van der Waals surface area (Å²) < 4.78 is 5.22. The van der Waals surface area contributed by atoms with E-state index in [4.69, 9.17) is 21.6 Å². The average molecular weight is 466 g/mol. The molecule has 1 aliphatic carbocycles. The average Bonchev–Trinajstić information content (AvgIpc) is 2.84. The Labute approximate surface area is 198 Å². The van der Waals surface area contributed by atoms with Crippen LogP contribution in [0.15, 0.2) is 59.9 Å². The third-order valence-electron chi connectivity index (χ3n) is 5.87. The maximum absolute atomic E-state index is 12.5. The third-order valence-corrected chi connectivity index (χ3v) is 5.87. The van der Waals surface area contributed by atoms with E-state index in [2.05, 4.69) is 10.6 Å². The molecule has 0 aromatic heterocycles. The lowest BCUT2D eigenvalue weighted by atomic mass is 9.93. The molecule has 0 aliphatic heterocycles. The summed E-state index contributed by atoms with van der Waals surface area (Å²) >= 11 is 0. The lowest BCUT2D eigenvalue weighted by molar-refractivity contribution is -0.114. The summed E-state index contributed by atoms with van der Waals surface area (Å²) in [6.45, 7) is 0.278. The number of hydrogen-bond acceptors (Lipinski definition) is 7. The molecule has 2 aromatic rings. The molecule has 180 valence electrons. The predicted molar refractivity (Wildman–Crippen MR) is 129 cm³/mol. The van der Waals surface area contributed by atoms with Crippen LogP contribution in [0.4, 0.5) is 0 Å². The lowest BCUT2D eigenvalue weighted by Crippen LogP contribution is -2.39. The van der Waals surface area contributed by atoms with Crippen molar-refractivity contribution in [1.29, 1.82) is 5.41 Å². The first-order chi connectivity index (χ1) is 16.3. The van der Waals surface area contributed by atoms with E-state index in [-0.39, 0.29) is 41.7 Å². The first-order valence-corrected chi connectivity index (χ1v) is 11.1. The number of amides is 2. The SMILES string of the molecule is COc1ccccc1C(=O)NCc1ccc(C(=N)/C(C(N)=O)=C(/N)NC2CCC(O)CC2)cc1. The van der Waals surface area contributed by atoms with Crippen molar-refractivity contribution in [3.63, 3.8) is 0 Å². The van der Waals surface area contributed by atoms with Crippen LogP contribution in [0, 0.1) is 5.41 Å². The van der Waals surface area contributed by atoms with Gasteiger partial charge in [0.25, 0.3) is 11.8 Å². The van der Waals surface area contributed by atoms with E-state index < -0.39 is 5.91 Å². The molecule has 9 heteroatoms. The Kier molecular flexibility index (Phi) is 8.26. The van der Waals surface area contributed by atoms with Crippen LogP contribution < -0.4 is 26.8 Å². The molecular formula is C25H31N5O4. The minimum atomic E-state index is -0.793. The van der Waals surface area contributed by atoms with Gasteiger partial charge in [-0.05, 0) is 43.4 Å². The first-order valence-electron chi connectivity index (χ1n) is 11.1. The molecule has 2 aromatic carbocycles. The Morgan fingerprint density at radius 1 is 1.06 bits per heavy atom. The minimum Gasteiger partial charge on any atom is -0.496 e. The number of nitrogens with one attached hydrogen (secondary N) is 3. The van der Waals surface area contributed by atoms with Crippen molar-refractivity contribution in [2.45, 2.75) is 44.4 Å². The normalized spacial score (nSPS) is 18.4. The van der Waals surface area contributed by atoms with Gasteiger partial charge in [0.2, 0.25) is 0 Å². The Morgan fingerprint density at radius 2 is 1.71 bits per heavy atom. The van der Waals surface area contributed by atoms with Crippen LogP contribution in [0.25, 0.3) is 0 Å². The van der Waals surface area contributed by atoms with Crippen LogP contribution in [-0.4, -0.2) is 41.9 Å². The number of methoxy groups -OCH3 is 1. The molecule has 1 aliphatic rings. The summed E-state index contributed by atoms with van der Waals surface area (Å²) in [5.74, 6) is -0.501. The maximum atomic E-state index is 12.5. The Morgan fingerprint density at radius 3 is 2.32 bits per heavy atom. The third kappa shape index (κ3) is 6.14. The zero-order chi connectivity index (χ0) is 24.7. The van der Waals surface area contributed by atoms with E-state index >= 15 is 0 Å². The van der Waals surface area contributed by atoms with Crippen molar-refractivity contribution >= 4 is 17.5 Å². The summed E-state index contributed by atoms with van der Waals surface area (Å²) in [5, 5.41) is 24.1. The van der Waals surface area contributed by atoms with Crippen LogP contribution in [0.3, 0.4) is 0 Å². The summed E-state index contributed by atoms with van der Waals surface area (Å²) in [4.78, 5) is 24.6. The van der Waals surface area contributed by atoms with Gasteiger partial charge in [-0.2, -0.15) is 0 Å². The van der Waals surface area contributed by atoms with Gasteiger partial charge in [-0.1, -0.05) is 36.4 Å². The van der Waals surface area contributed by atoms with Crippen molar-refractivity contribution in [1.82, 2.24) is 10.6 Å². The number of rotatable bonds is 9. The number of aliphatic hydroxyl groups is 1. The second kappa shape index (κ2) is 11.3. The second-order valence-electron chi connectivity index (χ2n) is 8.26. The Hall–Kier alpha value is -3.85. The minimum absolute atomic E-state index is 0.0137. The highest BCUT2D eigenvalue weighted by Gasteiger charge is 2.23. The molecule has 9 nitrogen and oxygen atoms in total. The number of hydrogen-bond donors (Lipinski definition) is 6. The topological polar surface area (TPSA) is 164 Å². The highest BCUT2D eigenvalue weighted by Crippen LogP contribution is 2.20. The molecule has 0 spiro atoms. The van der Waals surface area contributed by atoms with E-state index in [9.17, 15) is 14.7 Å². The zero-order valence-electron chi connectivity index (χ0n) is 19.1. The number of carbonyl (C=O) groups is 2. The highest BCUT2D eigenvalue weighted by molar-refractivity contribution is 6.26. The van der Waals surface area contributed by atoms with Crippen LogP contribution in [-0.2, 0) is 11.3 Å². The van der Waals surface area contributed by atoms with Gasteiger partial charge in [0.1, 0.15) is 17.1 Å².